The van der Waals surface area contributed by atoms with E-state index >= 15 is 0 Å². The summed E-state index contributed by atoms with van der Waals surface area (Å²) < 4.78 is 0. The summed E-state index contributed by atoms with van der Waals surface area (Å²) in [6, 6.07) is -5.01. The van der Waals surface area contributed by atoms with E-state index in [0.29, 0.717) is 5.75 Å². The molecule has 13 nitrogen and oxygen atoms in total. The molecule has 0 aromatic rings. The Hall–Kier alpha value is -2.87. The van der Waals surface area contributed by atoms with Crippen LogP contribution in [0, 0.1) is 5.92 Å². The van der Waals surface area contributed by atoms with Crippen LogP contribution in [0.4, 0.5) is 0 Å². The molecule has 4 amide bonds. The first-order chi connectivity index (χ1) is 15.8. The molecule has 0 saturated heterocycles. The number of carbonyl (C=O) groups is 6. The minimum Gasteiger partial charge on any atom is -0.481 e. The van der Waals surface area contributed by atoms with Crippen molar-refractivity contribution in [2.24, 2.45) is 17.4 Å². The van der Waals surface area contributed by atoms with Gasteiger partial charge in [0.25, 0.3) is 0 Å². The van der Waals surface area contributed by atoms with Crippen LogP contribution >= 0.6 is 11.8 Å². The molecule has 0 saturated carbocycles. The first kappa shape index (κ1) is 31.1. The summed E-state index contributed by atoms with van der Waals surface area (Å²) in [5.74, 6) is -5.38. The van der Waals surface area contributed by atoms with Crippen molar-refractivity contribution in [3.8, 4) is 0 Å². The second-order valence-electron chi connectivity index (χ2n) is 8.14. The van der Waals surface area contributed by atoms with E-state index in [1.165, 1.54) is 11.8 Å². The Balaban J connectivity index is 5.46. The predicted molar refractivity (Wildman–Crippen MR) is 125 cm³/mol. The molecule has 0 aromatic heterocycles. The van der Waals surface area contributed by atoms with Crippen molar-refractivity contribution in [1.29, 1.82) is 0 Å². The minimum atomic E-state index is -1.46. The van der Waals surface area contributed by atoms with Gasteiger partial charge in [0.05, 0.1) is 12.5 Å². The van der Waals surface area contributed by atoms with Gasteiger partial charge in [0, 0.05) is 6.42 Å². The van der Waals surface area contributed by atoms with E-state index in [1.807, 2.05) is 0 Å². The number of thioether (sulfide) groups is 1. The zero-order valence-corrected chi connectivity index (χ0v) is 20.4. The highest BCUT2D eigenvalue weighted by atomic mass is 32.2. The highest BCUT2D eigenvalue weighted by Crippen LogP contribution is 2.08. The number of nitrogens with one attached hydrogen (secondary N) is 3. The number of carboxylic acid groups (broad SMARTS) is 2. The number of hydrogen-bond acceptors (Lipinski definition) is 8. The lowest BCUT2D eigenvalue weighted by molar-refractivity contribution is -0.142. The molecule has 0 heterocycles. The van der Waals surface area contributed by atoms with Crippen molar-refractivity contribution in [2.75, 3.05) is 12.0 Å². The summed E-state index contributed by atoms with van der Waals surface area (Å²) in [6.45, 7) is 3.57. The van der Waals surface area contributed by atoms with Crippen LogP contribution in [0.15, 0.2) is 0 Å². The van der Waals surface area contributed by atoms with E-state index in [1.54, 1.807) is 20.1 Å². The lowest BCUT2D eigenvalue weighted by Crippen LogP contribution is -2.58. The summed E-state index contributed by atoms with van der Waals surface area (Å²) in [6.07, 6.45) is 0.980. The Morgan fingerprint density at radius 3 is 1.85 bits per heavy atom. The number of carbonyl (C=O) groups excluding carboxylic acids is 4. The van der Waals surface area contributed by atoms with E-state index < -0.39 is 66.2 Å². The predicted octanol–water partition coefficient (Wildman–Crippen LogP) is -1.61. The van der Waals surface area contributed by atoms with Crippen LogP contribution in [0.1, 0.15) is 46.0 Å². The van der Waals surface area contributed by atoms with E-state index in [2.05, 4.69) is 16.0 Å². The fourth-order valence-electron chi connectivity index (χ4n) is 2.84. The van der Waals surface area contributed by atoms with Crippen LogP contribution < -0.4 is 27.4 Å². The Labute approximate surface area is 202 Å². The summed E-state index contributed by atoms with van der Waals surface area (Å²) >= 11 is 1.39. The average molecular weight is 506 g/mol. The number of carboxylic acids is 2. The molecule has 0 aliphatic heterocycles. The van der Waals surface area contributed by atoms with Crippen molar-refractivity contribution < 1.29 is 39.0 Å². The van der Waals surface area contributed by atoms with Gasteiger partial charge >= 0.3 is 11.9 Å². The maximum Gasteiger partial charge on any atom is 0.326 e. The molecule has 0 radical (unpaired) electrons. The van der Waals surface area contributed by atoms with Crippen molar-refractivity contribution in [3.63, 3.8) is 0 Å². The molecule has 0 rings (SSSR count). The third-order valence-corrected chi connectivity index (χ3v) is 5.25. The van der Waals surface area contributed by atoms with Crippen LogP contribution in [-0.4, -0.2) is 82.0 Å². The molecule has 14 heteroatoms. The molecule has 194 valence electrons. The molecule has 0 bridgehead atoms. The Morgan fingerprint density at radius 1 is 0.853 bits per heavy atom. The summed E-state index contributed by atoms with van der Waals surface area (Å²) in [4.78, 5) is 71.4. The van der Waals surface area contributed by atoms with E-state index in [9.17, 15) is 33.9 Å². The van der Waals surface area contributed by atoms with Gasteiger partial charge in [-0.3, -0.25) is 24.0 Å². The fourth-order valence-corrected chi connectivity index (χ4v) is 3.31. The summed E-state index contributed by atoms with van der Waals surface area (Å²) in [5, 5.41) is 25.1. The lowest BCUT2D eigenvalue weighted by atomic mass is 10.0. The Morgan fingerprint density at radius 2 is 1.38 bits per heavy atom. The molecule has 0 aliphatic carbocycles. The van der Waals surface area contributed by atoms with Crippen LogP contribution in [0.5, 0.6) is 0 Å². The van der Waals surface area contributed by atoms with E-state index in [4.69, 9.17) is 16.6 Å². The van der Waals surface area contributed by atoms with Crippen LogP contribution in [0.3, 0.4) is 0 Å². The molecule has 0 aromatic carbocycles. The van der Waals surface area contributed by atoms with Gasteiger partial charge in [0.2, 0.25) is 23.6 Å². The molecule has 0 spiro atoms. The van der Waals surface area contributed by atoms with Gasteiger partial charge in [-0.25, -0.2) is 4.79 Å². The van der Waals surface area contributed by atoms with E-state index in [0.717, 1.165) is 0 Å². The van der Waals surface area contributed by atoms with Crippen LogP contribution in [-0.2, 0) is 28.8 Å². The summed E-state index contributed by atoms with van der Waals surface area (Å²) in [5.41, 5.74) is 10.9. The fraction of sp³-hybridized carbons (Fsp3) is 0.700. The number of amides is 4. The van der Waals surface area contributed by atoms with Gasteiger partial charge in [0.1, 0.15) is 18.1 Å². The average Bonchev–Trinajstić information content (AvgIpc) is 2.72. The topological polar surface area (TPSA) is 231 Å². The van der Waals surface area contributed by atoms with Crippen molar-refractivity contribution in [3.05, 3.63) is 0 Å². The molecule has 4 unspecified atom stereocenters. The first-order valence-electron chi connectivity index (χ1n) is 10.7. The van der Waals surface area contributed by atoms with Crippen molar-refractivity contribution in [2.45, 2.75) is 70.1 Å². The maximum atomic E-state index is 12.9. The van der Waals surface area contributed by atoms with Gasteiger partial charge < -0.3 is 37.6 Å². The molecule has 9 N–H and O–H groups in total. The molecule has 0 aliphatic rings. The minimum absolute atomic E-state index is 0.0716. The SMILES string of the molecule is CSCCC(NC(=O)C(CC(N)=O)NC(=O)C(CC(C)C)NC(=O)C(N)CCC(=O)O)C(=O)O. The molecule has 0 fully saturated rings. The quantitative estimate of drug-likeness (QED) is 0.119. The van der Waals surface area contributed by atoms with Crippen LogP contribution in [0.2, 0.25) is 0 Å². The lowest BCUT2D eigenvalue weighted by Gasteiger charge is -2.25. The second kappa shape index (κ2) is 15.9. The maximum absolute atomic E-state index is 12.9. The highest BCUT2D eigenvalue weighted by molar-refractivity contribution is 7.98. The molecule has 34 heavy (non-hydrogen) atoms. The summed E-state index contributed by atoms with van der Waals surface area (Å²) in [7, 11) is 0. The van der Waals surface area contributed by atoms with E-state index in [-0.39, 0.29) is 31.6 Å². The van der Waals surface area contributed by atoms with Gasteiger partial charge in [0.15, 0.2) is 0 Å². The zero-order valence-electron chi connectivity index (χ0n) is 19.5. The molecular formula is C20H35N5O8S. The number of hydrogen-bond donors (Lipinski definition) is 7. The van der Waals surface area contributed by atoms with Crippen molar-refractivity contribution in [1.82, 2.24) is 16.0 Å². The van der Waals surface area contributed by atoms with Crippen LogP contribution in [0.25, 0.3) is 0 Å². The van der Waals surface area contributed by atoms with Gasteiger partial charge in [-0.05, 0) is 37.2 Å². The van der Waals surface area contributed by atoms with Gasteiger partial charge in [-0.2, -0.15) is 11.8 Å². The number of nitrogens with two attached hydrogens (primary N) is 2. The van der Waals surface area contributed by atoms with Gasteiger partial charge in [-0.1, -0.05) is 13.8 Å². The Kier molecular flexibility index (Phi) is 14.5. The number of primary amides is 1. The standard InChI is InChI=1S/C20H35N5O8S/c1-10(2)8-13(24-17(29)11(21)4-5-16(27)28)18(30)25-14(9-15(22)26)19(31)23-12(20(32)33)6-7-34-3/h10-14H,4-9,21H2,1-3H3,(H2,22,26)(H,23,31)(H,24,29)(H,25,30)(H,27,28)(H,32,33). The normalized spacial score (nSPS) is 14.4. The third-order valence-electron chi connectivity index (χ3n) is 4.61. The number of aliphatic carboxylic acids is 2. The van der Waals surface area contributed by atoms with Crippen molar-refractivity contribution >= 4 is 47.3 Å². The zero-order chi connectivity index (χ0) is 26.4. The number of rotatable bonds is 17. The van der Waals surface area contributed by atoms with Gasteiger partial charge in [-0.15, -0.1) is 0 Å². The Bertz CT molecular complexity index is 748. The highest BCUT2D eigenvalue weighted by Gasteiger charge is 2.31. The first-order valence-corrected chi connectivity index (χ1v) is 12.1. The third kappa shape index (κ3) is 13.0. The largest absolute Gasteiger partial charge is 0.481 e. The molecule has 4 atom stereocenters. The second-order valence-corrected chi connectivity index (χ2v) is 9.13. The smallest absolute Gasteiger partial charge is 0.326 e. The molecular weight excluding hydrogens is 470 g/mol. The monoisotopic (exact) mass is 505 g/mol.